The Hall–Kier alpha value is -1.50. The van der Waals surface area contributed by atoms with Gasteiger partial charge in [0.05, 0.1) is 0 Å². The average Bonchev–Trinajstić information content (AvgIpc) is 2.26. The van der Waals surface area contributed by atoms with Gasteiger partial charge in [0.15, 0.2) is 0 Å². The van der Waals surface area contributed by atoms with Crippen LogP contribution >= 0.6 is 0 Å². The van der Waals surface area contributed by atoms with Crippen LogP contribution in [0.3, 0.4) is 0 Å². The first-order chi connectivity index (χ1) is 7.61. The van der Waals surface area contributed by atoms with E-state index >= 15 is 0 Å². The molecule has 0 aromatic carbocycles. The fraction of sp³-hybridized carbons (Fsp3) is 0.667. The van der Waals surface area contributed by atoms with Crippen LogP contribution in [0.4, 0.5) is 0 Å². The highest BCUT2D eigenvalue weighted by atomic mass is 16.2. The maximum absolute atomic E-state index is 12.0. The third-order valence-corrected chi connectivity index (χ3v) is 2.82. The van der Waals surface area contributed by atoms with Gasteiger partial charge >= 0.3 is 0 Å². The Morgan fingerprint density at radius 1 is 1.50 bits per heavy atom. The summed E-state index contributed by atoms with van der Waals surface area (Å²) in [4.78, 5) is 25.2. The zero-order valence-corrected chi connectivity index (χ0v) is 9.82. The molecule has 1 heterocycles. The Bertz CT molecular complexity index is 319. The summed E-state index contributed by atoms with van der Waals surface area (Å²) in [5.41, 5.74) is 0. The van der Waals surface area contributed by atoms with Crippen molar-refractivity contribution in [1.82, 2.24) is 10.2 Å². The number of piperazine rings is 1. The highest BCUT2D eigenvalue weighted by Crippen LogP contribution is 2.13. The summed E-state index contributed by atoms with van der Waals surface area (Å²) in [6, 6.07) is -0.777. The number of carbonyl (C=O) groups excluding carboxylic acids is 2. The van der Waals surface area contributed by atoms with Gasteiger partial charge in [0.2, 0.25) is 11.8 Å². The molecule has 4 nitrogen and oxygen atoms in total. The minimum absolute atomic E-state index is 0.01000. The van der Waals surface area contributed by atoms with Crippen LogP contribution in [0.25, 0.3) is 0 Å². The molecule has 1 saturated heterocycles. The molecule has 1 aliphatic heterocycles. The zero-order chi connectivity index (χ0) is 12.1. The number of amides is 2. The standard InChI is InChI=1S/C12H18N2O2/c1-4-6-8-14-9(3)11(15)13-10(7-5-2)12(14)16/h1,9-10H,5-8H2,2-3H3,(H,13,15). The molecule has 16 heavy (non-hydrogen) atoms. The first-order valence-corrected chi connectivity index (χ1v) is 5.66. The van der Waals surface area contributed by atoms with E-state index in [9.17, 15) is 9.59 Å². The molecule has 1 aliphatic rings. The third-order valence-electron chi connectivity index (χ3n) is 2.82. The molecule has 2 unspecified atom stereocenters. The largest absolute Gasteiger partial charge is 0.343 e. The van der Waals surface area contributed by atoms with Gasteiger partial charge in [-0.1, -0.05) is 13.3 Å². The molecule has 0 spiro atoms. The van der Waals surface area contributed by atoms with Crippen LogP contribution in [0.5, 0.6) is 0 Å². The van der Waals surface area contributed by atoms with E-state index in [0.717, 1.165) is 6.42 Å². The Labute approximate surface area is 96.4 Å². The minimum atomic E-state index is -0.408. The molecule has 2 amide bonds. The Balaban J connectivity index is 2.74. The molecule has 1 N–H and O–H groups in total. The molecular weight excluding hydrogens is 204 g/mol. The van der Waals surface area contributed by atoms with E-state index in [1.54, 1.807) is 11.8 Å². The molecule has 0 radical (unpaired) electrons. The van der Waals surface area contributed by atoms with Crippen molar-refractivity contribution in [2.75, 3.05) is 6.54 Å². The van der Waals surface area contributed by atoms with E-state index in [0.29, 0.717) is 19.4 Å². The highest BCUT2D eigenvalue weighted by molar-refractivity contribution is 5.96. The van der Waals surface area contributed by atoms with Crippen LogP contribution < -0.4 is 5.32 Å². The molecule has 1 fully saturated rings. The van der Waals surface area contributed by atoms with Crippen molar-refractivity contribution in [3.8, 4) is 12.3 Å². The van der Waals surface area contributed by atoms with Crippen molar-refractivity contribution in [2.45, 2.75) is 45.2 Å². The molecule has 1 rings (SSSR count). The van der Waals surface area contributed by atoms with E-state index in [4.69, 9.17) is 6.42 Å². The summed E-state index contributed by atoms with van der Waals surface area (Å²) in [5.74, 6) is 2.39. The van der Waals surface area contributed by atoms with Gasteiger partial charge in [-0.05, 0) is 13.3 Å². The number of nitrogens with one attached hydrogen (secondary N) is 1. The van der Waals surface area contributed by atoms with E-state index in [1.165, 1.54) is 0 Å². The summed E-state index contributed by atoms with van der Waals surface area (Å²) in [5, 5.41) is 2.74. The van der Waals surface area contributed by atoms with Crippen molar-refractivity contribution in [2.24, 2.45) is 0 Å². The van der Waals surface area contributed by atoms with Crippen molar-refractivity contribution in [3.05, 3.63) is 0 Å². The Morgan fingerprint density at radius 3 is 2.75 bits per heavy atom. The predicted octanol–water partition coefficient (Wildman–Crippen LogP) is 0.525. The van der Waals surface area contributed by atoms with Gasteiger partial charge in [-0.15, -0.1) is 12.3 Å². The first kappa shape index (κ1) is 12.6. The van der Waals surface area contributed by atoms with Gasteiger partial charge in [-0.3, -0.25) is 9.59 Å². The average molecular weight is 222 g/mol. The van der Waals surface area contributed by atoms with Crippen molar-refractivity contribution in [1.29, 1.82) is 0 Å². The number of nitrogens with zero attached hydrogens (tertiary/aromatic N) is 1. The van der Waals surface area contributed by atoms with Gasteiger partial charge in [-0.25, -0.2) is 0 Å². The molecule has 0 saturated carbocycles. The molecule has 2 atom stereocenters. The van der Waals surface area contributed by atoms with Crippen LogP contribution in [-0.2, 0) is 9.59 Å². The fourth-order valence-corrected chi connectivity index (χ4v) is 1.86. The maximum Gasteiger partial charge on any atom is 0.245 e. The number of carbonyl (C=O) groups is 2. The lowest BCUT2D eigenvalue weighted by molar-refractivity contribution is -0.148. The third kappa shape index (κ3) is 2.54. The summed E-state index contributed by atoms with van der Waals surface area (Å²) in [6.07, 6.45) is 7.22. The number of hydrogen-bond acceptors (Lipinski definition) is 2. The zero-order valence-electron chi connectivity index (χ0n) is 9.82. The van der Waals surface area contributed by atoms with Crippen molar-refractivity contribution >= 4 is 11.8 Å². The fourth-order valence-electron chi connectivity index (χ4n) is 1.86. The molecule has 88 valence electrons. The number of hydrogen-bond donors (Lipinski definition) is 1. The highest BCUT2D eigenvalue weighted by Gasteiger charge is 2.36. The molecule has 0 aromatic heterocycles. The van der Waals surface area contributed by atoms with Gasteiger partial charge in [0, 0.05) is 13.0 Å². The van der Waals surface area contributed by atoms with Crippen molar-refractivity contribution < 1.29 is 9.59 Å². The van der Waals surface area contributed by atoms with Crippen LogP contribution in [0.1, 0.15) is 33.1 Å². The number of terminal acetylenes is 1. The van der Waals surface area contributed by atoms with Crippen LogP contribution in [0.2, 0.25) is 0 Å². The monoisotopic (exact) mass is 222 g/mol. The van der Waals surface area contributed by atoms with E-state index < -0.39 is 6.04 Å². The van der Waals surface area contributed by atoms with Crippen LogP contribution in [-0.4, -0.2) is 35.3 Å². The van der Waals surface area contributed by atoms with E-state index in [2.05, 4.69) is 11.2 Å². The van der Waals surface area contributed by atoms with E-state index in [-0.39, 0.29) is 17.9 Å². The second kappa shape index (κ2) is 5.55. The second-order valence-corrected chi connectivity index (χ2v) is 4.01. The van der Waals surface area contributed by atoms with Crippen molar-refractivity contribution in [3.63, 3.8) is 0 Å². The van der Waals surface area contributed by atoms with Gasteiger partial charge < -0.3 is 10.2 Å². The predicted molar refractivity (Wildman–Crippen MR) is 61.5 cm³/mol. The molecular formula is C12H18N2O2. The van der Waals surface area contributed by atoms with Crippen LogP contribution in [0.15, 0.2) is 0 Å². The second-order valence-electron chi connectivity index (χ2n) is 4.01. The molecule has 0 aromatic rings. The summed E-state index contributed by atoms with van der Waals surface area (Å²) < 4.78 is 0. The van der Waals surface area contributed by atoms with Gasteiger partial charge in [-0.2, -0.15) is 0 Å². The maximum atomic E-state index is 12.0. The molecule has 0 bridgehead atoms. The molecule has 0 aliphatic carbocycles. The lowest BCUT2D eigenvalue weighted by Crippen LogP contribution is -2.62. The normalized spacial score (nSPS) is 25.2. The van der Waals surface area contributed by atoms with Gasteiger partial charge in [0.25, 0.3) is 0 Å². The van der Waals surface area contributed by atoms with Gasteiger partial charge in [0.1, 0.15) is 12.1 Å². The topological polar surface area (TPSA) is 49.4 Å². The SMILES string of the molecule is C#CCCN1C(=O)C(CCC)NC(=O)C1C. The number of rotatable bonds is 4. The minimum Gasteiger partial charge on any atom is -0.343 e. The first-order valence-electron chi connectivity index (χ1n) is 5.66. The summed E-state index contributed by atoms with van der Waals surface area (Å²) in [7, 11) is 0. The Kier molecular flexibility index (Phi) is 4.36. The smallest absolute Gasteiger partial charge is 0.245 e. The van der Waals surface area contributed by atoms with Crippen LogP contribution in [0, 0.1) is 12.3 Å². The summed E-state index contributed by atoms with van der Waals surface area (Å²) in [6.45, 7) is 4.18. The lowest BCUT2D eigenvalue weighted by Gasteiger charge is -2.37. The molecule has 4 heteroatoms. The quantitative estimate of drug-likeness (QED) is 0.705. The summed E-state index contributed by atoms with van der Waals surface area (Å²) >= 11 is 0. The lowest BCUT2D eigenvalue weighted by atomic mass is 10.0. The van der Waals surface area contributed by atoms with E-state index in [1.807, 2.05) is 6.92 Å². The Morgan fingerprint density at radius 2 is 2.19 bits per heavy atom.